The standard InChI is InChI=1S/C11H16F2N2O3/c1-3-10(16)14(2)6-11(17)15-4-8(5-15)18-7-9(12)13/h3,8-9H,1,4-7H2,2H3. The number of hydrogen-bond acceptors (Lipinski definition) is 3. The molecular weight excluding hydrogens is 246 g/mol. The van der Waals surface area contributed by atoms with Crippen molar-refractivity contribution in [3.05, 3.63) is 12.7 Å². The summed E-state index contributed by atoms with van der Waals surface area (Å²) in [5.41, 5.74) is 0. The molecule has 0 bridgehead atoms. The normalized spacial score (nSPS) is 15.4. The van der Waals surface area contributed by atoms with Crippen molar-refractivity contribution in [2.75, 3.05) is 33.3 Å². The molecule has 1 aliphatic rings. The lowest BCUT2D eigenvalue weighted by Gasteiger charge is -2.39. The third kappa shape index (κ3) is 4.06. The number of likely N-dealkylation sites (N-methyl/N-ethyl adjacent to an activating group) is 1. The molecule has 0 aromatic carbocycles. The Kier molecular flexibility index (Phi) is 5.21. The van der Waals surface area contributed by atoms with Crippen molar-refractivity contribution in [2.45, 2.75) is 12.5 Å². The maximum Gasteiger partial charge on any atom is 0.261 e. The average molecular weight is 262 g/mol. The largest absolute Gasteiger partial charge is 0.369 e. The van der Waals surface area contributed by atoms with Crippen LogP contribution in [0.15, 0.2) is 12.7 Å². The van der Waals surface area contributed by atoms with Gasteiger partial charge in [-0.05, 0) is 6.08 Å². The lowest BCUT2D eigenvalue weighted by molar-refractivity contribution is -0.150. The van der Waals surface area contributed by atoms with Crippen LogP contribution in [0.5, 0.6) is 0 Å². The summed E-state index contributed by atoms with van der Waals surface area (Å²) in [7, 11) is 1.49. The van der Waals surface area contributed by atoms with Gasteiger partial charge in [-0.25, -0.2) is 8.78 Å². The molecule has 1 aliphatic heterocycles. The first-order valence-electron chi connectivity index (χ1n) is 5.49. The fourth-order valence-corrected chi connectivity index (χ4v) is 1.49. The number of halogens is 2. The fraction of sp³-hybridized carbons (Fsp3) is 0.636. The third-order valence-corrected chi connectivity index (χ3v) is 2.58. The number of likely N-dealkylation sites (tertiary alicyclic amines) is 1. The van der Waals surface area contributed by atoms with Crippen LogP contribution in [0.1, 0.15) is 0 Å². The van der Waals surface area contributed by atoms with E-state index in [2.05, 4.69) is 6.58 Å². The second-order valence-electron chi connectivity index (χ2n) is 4.04. The van der Waals surface area contributed by atoms with Gasteiger partial charge in [-0.15, -0.1) is 0 Å². The summed E-state index contributed by atoms with van der Waals surface area (Å²) in [6.07, 6.45) is -1.70. The molecule has 0 aromatic heterocycles. The number of rotatable bonds is 6. The minimum Gasteiger partial charge on any atom is -0.369 e. The fourth-order valence-electron chi connectivity index (χ4n) is 1.49. The second kappa shape index (κ2) is 6.44. The molecule has 0 aliphatic carbocycles. The lowest BCUT2D eigenvalue weighted by atomic mass is 10.1. The Balaban J connectivity index is 2.22. The van der Waals surface area contributed by atoms with Crippen molar-refractivity contribution in [3.8, 4) is 0 Å². The number of carbonyl (C=O) groups excluding carboxylic acids is 2. The molecule has 18 heavy (non-hydrogen) atoms. The highest BCUT2D eigenvalue weighted by Gasteiger charge is 2.32. The molecule has 102 valence electrons. The molecule has 7 heteroatoms. The van der Waals surface area contributed by atoms with E-state index < -0.39 is 13.0 Å². The zero-order valence-electron chi connectivity index (χ0n) is 10.1. The molecule has 0 radical (unpaired) electrons. The van der Waals surface area contributed by atoms with Gasteiger partial charge >= 0.3 is 0 Å². The van der Waals surface area contributed by atoms with Crippen molar-refractivity contribution in [3.63, 3.8) is 0 Å². The number of carbonyl (C=O) groups is 2. The Morgan fingerprint density at radius 1 is 1.56 bits per heavy atom. The lowest BCUT2D eigenvalue weighted by Crippen LogP contribution is -2.57. The molecular formula is C11H16F2N2O3. The van der Waals surface area contributed by atoms with Gasteiger partial charge < -0.3 is 14.5 Å². The molecule has 0 aromatic rings. The highest BCUT2D eigenvalue weighted by atomic mass is 19.3. The minimum atomic E-state index is -2.49. The van der Waals surface area contributed by atoms with Crippen molar-refractivity contribution in [1.82, 2.24) is 9.80 Å². The van der Waals surface area contributed by atoms with Crippen LogP contribution in [0, 0.1) is 0 Å². The van der Waals surface area contributed by atoms with Gasteiger partial charge in [0.25, 0.3) is 6.43 Å². The summed E-state index contributed by atoms with van der Waals surface area (Å²) in [4.78, 5) is 25.5. The summed E-state index contributed by atoms with van der Waals surface area (Å²) in [5.74, 6) is -0.570. The Morgan fingerprint density at radius 2 is 2.17 bits per heavy atom. The van der Waals surface area contributed by atoms with Crippen LogP contribution in [0.2, 0.25) is 0 Å². The van der Waals surface area contributed by atoms with E-state index in [4.69, 9.17) is 4.74 Å². The van der Waals surface area contributed by atoms with E-state index in [1.165, 1.54) is 16.8 Å². The van der Waals surface area contributed by atoms with Crippen molar-refractivity contribution < 1.29 is 23.1 Å². The zero-order chi connectivity index (χ0) is 13.7. The van der Waals surface area contributed by atoms with Gasteiger partial charge in [0.1, 0.15) is 6.61 Å². The smallest absolute Gasteiger partial charge is 0.261 e. The van der Waals surface area contributed by atoms with Crippen molar-refractivity contribution >= 4 is 11.8 Å². The van der Waals surface area contributed by atoms with Gasteiger partial charge in [0.05, 0.1) is 12.6 Å². The van der Waals surface area contributed by atoms with Crippen molar-refractivity contribution in [2.24, 2.45) is 0 Å². The number of hydrogen-bond donors (Lipinski definition) is 0. The predicted octanol–water partition coefficient (Wildman–Crippen LogP) is 0.123. The molecule has 0 unspecified atom stereocenters. The van der Waals surface area contributed by atoms with Gasteiger partial charge in [-0.3, -0.25) is 9.59 Å². The van der Waals surface area contributed by atoms with E-state index in [0.29, 0.717) is 13.1 Å². The summed E-state index contributed by atoms with van der Waals surface area (Å²) < 4.78 is 28.6. The molecule has 2 amide bonds. The molecule has 0 spiro atoms. The van der Waals surface area contributed by atoms with Gasteiger partial charge in [0.2, 0.25) is 11.8 Å². The first kappa shape index (κ1) is 14.6. The molecule has 0 N–H and O–H groups in total. The highest BCUT2D eigenvalue weighted by molar-refractivity contribution is 5.90. The van der Waals surface area contributed by atoms with E-state index in [-0.39, 0.29) is 24.5 Å². The van der Waals surface area contributed by atoms with Gasteiger partial charge in [-0.2, -0.15) is 0 Å². The van der Waals surface area contributed by atoms with Crippen LogP contribution in [0.25, 0.3) is 0 Å². The molecule has 1 rings (SSSR count). The number of alkyl halides is 2. The second-order valence-corrected chi connectivity index (χ2v) is 4.04. The Labute approximate surface area is 104 Å². The number of nitrogens with zero attached hydrogens (tertiary/aromatic N) is 2. The first-order valence-corrected chi connectivity index (χ1v) is 5.49. The summed E-state index contributed by atoms with van der Waals surface area (Å²) in [6, 6.07) is 0. The maximum absolute atomic E-state index is 11.9. The van der Waals surface area contributed by atoms with Crippen LogP contribution in [-0.2, 0) is 14.3 Å². The van der Waals surface area contributed by atoms with Crippen molar-refractivity contribution in [1.29, 1.82) is 0 Å². The Hall–Kier alpha value is -1.50. The number of amides is 2. The van der Waals surface area contributed by atoms with Crippen LogP contribution in [0.3, 0.4) is 0 Å². The van der Waals surface area contributed by atoms with E-state index in [1.807, 2.05) is 0 Å². The number of ether oxygens (including phenoxy) is 1. The van der Waals surface area contributed by atoms with Crippen LogP contribution >= 0.6 is 0 Å². The van der Waals surface area contributed by atoms with E-state index in [1.54, 1.807) is 0 Å². The summed E-state index contributed by atoms with van der Waals surface area (Å²) in [6.45, 7) is 3.24. The van der Waals surface area contributed by atoms with Gasteiger partial charge in [-0.1, -0.05) is 6.58 Å². The molecule has 5 nitrogen and oxygen atoms in total. The maximum atomic E-state index is 11.9. The SMILES string of the molecule is C=CC(=O)N(C)CC(=O)N1CC(OCC(F)F)C1. The predicted molar refractivity (Wildman–Crippen MR) is 60.2 cm³/mol. The summed E-state index contributed by atoms with van der Waals surface area (Å²) >= 11 is 0. The van der Waals surface area contributed by atoms with Crippen LogP contribution in [0.4, 0.5) is 8.78 Å². The molecule has 1 saturated heterocycles. The van der Waals surface area contributed by atoms with E-state index >= 15 is 0 Å². The monoisotopic (exact) mass is 262 g/mol. The zero-order valence-corrected chi connectivity index (χ0v) is 10.1. The van der Waals surface area contributed by atoms with E-state index in [0.717, 1.165) is 6.08 Å². The van der Waals surface area contributed by atoms with Gasteiger partial charge in [0, 0.05) is 20.1 Å². The van der Waals surface area contributed by atoms with E-state index in [9.17, 15) is 18.4 Å². The summed E-state index contributed by atoms with van der Waals surface area (Å²) in [5, 5.41) is 0. The minimum absolute atomic E-state index is 0.0492. The molecule has 0 saturated carbocycles. The topological polar surface area (TPSA) is 49.9 Å². The Bertz CT molecular complexity index is 330. The Morgan fingerprint density at radius 3 is 2.67 bits per heavy atom. The van der Waals surface area contributed by atoms with Crippen LogP contribution < -0.4 is 0 Å². The molecule has 0 atom stereocenters. The third-order valence-electron chi connectivity index (χ3n) is 2.58. The van der Waals surface area contributed by atoms with Crippen LogP contribution in [-0.4, -0.2) is 67.4 Å². The molecule has 1 fully saturated rings. The average Bonchev–Trinajstić information content (AvgIpc) is 2.25. The molecule has 1 heterocycles. The first-order chi connectivity index (χ1) is 8.43. The highest BCUT2D eigenvalue weighted by Crippen LogP contribution is 2.13. The quantitative estimate of drug-likeness (QED) is 0.639. The van der Waals surface area contributed by atoms with Gasteiger partial charge in [0.15, 0.2) is 0 Å².